The van der Waals surface area contributed by atoms with Crippen LogP contribution in [0.3, 0.4) is 0 Å². The maximum absolute atomic E-state index is 12.8. The highest BCUT2D eigenvalue weighted by molar-refractivity contribution is 5.98. The monoisotopic (exact) mass is 299 g/mol. The van der Waals surface area contributed by atoms with E-state index in [1.807, 2.05) is 38.1 Å². The summed E-state index contributed by atoms with van der Waals surface area (Å²) in [5, 5.41) is 1.02. The van der Waals surface area contributed by atoms with Gasteiger partial charge in [0.25, 0.3) is 5.91 Å². The van der Waals surface area contributed by atoms with Gasteiger partial charge in [0.05, 0.1) is 5.92 Å². The van der Waals surface area contributed by atoms with E-state index in [1.165, 1.54) is 0 Å². The van der Waals surface area contributed by atoms with E-state index in [-0.39, 0.29) is 23.8 Å². The van der Waals surface area contributed by atoms with Gasteiger partial charge in [0.2, 0.25) is 5.91 Å². The van der Waals surface area contributed by atoms with Crippen LogP contribution in [0.5, 0.6) is 0 Å². The normalized spacial score (nSPS) is 22.0. The number of aromatic nitrogens is 1. The zero-order chi connectivity index (χ0) is 15.9. The number of rotatable bonds is 2. The fourth-order valence-electron chi connectivity index (χ4n) is 3.13. The smallest absolute Gasteiger partial charge is 0.270 e. The molecule has 1 saturated heterocycles. The van der Waals surface area contributed by atoms with Gasteiger partial charge in [-0.15, -0.1) is 0 Å². The van der Waals surface area contributed by atoms with E-state index in [0.29, 0.717) is 12.2 Å². The zero-order valence-corrected chi connectivity index (χ0v) is 12.9. The number of carbonyl (C=O) groups is 2. The van der Waals surface area contributed by atoms with Gasteiger partial charge in [-0.1, -0.05) is 12.1 Å². The Bertz CT molecular complexity index is 735. The minimum absolute atomic E-state index is 0.0627. The number of primary amides is 1. The van der Waals surface area contributed by atoms with Crippen LogP contribution >= 0.6 is 0 Å². The van der Waals surface area contributed by atoms with Gasteiger partial charge >= 0.3 is 0 Å². The van der Waals surface area contributed by atoms with Crippen LogP contribution in [0.1, 0.15) is 35.8 Å². The highest BCUT2D eigenvalue weighted by atomic mass is 16.2. The van der Waals surface area contributed by atoms with Crippen LogP contribution in [0.15, 0.2) is 24.3 Å². The van der Waals surface area contributed by atoms with E-state index in [2.05, 4.69) is 4.98 Å². The third-order valence-electron chi connectivity index (χ3n) is 4.55. The van der Waals surface area contributed by atoms with E-state index in [0.717, 1.165) is 29.3 Å². The predicted molar refractivity (Wildman–Crippen MR) is 85.5 cm³/mol. The molecule has 1 aromatic heterocycles. The lowest BCUT2D eigenvalue weighted by atomic mass is 9.92. The molecule has 2 atom stereocenters. The van der Waals surface area contributed by atoms with Crippen molar-refractivity contribution >= 4 is 22.7 Å². The molecule has 0 saturated carbocycles. The first-order chi connectivity index (χ1) is 10.5. The zero-order valence-electron chi connectivity index (χ0n) is 12.9. The number of hydrogen-bond donors (Lipinski definition) is 2. The molecule has 22 heavy (non-hydrogen) atoms. The van der Waals surface area contributed by atoms with Crippen molar-refractivity contribution < 1.29 is 9.59 Å². The van der Waals surface area contributed by atoms with Crippen molar-refractivity contribution in [3.8, 4) is 0 Å². The molecular weight excluding hydrogens is 278 g/mol. The fourth-order valence-corrected chi connectivity index (χ4v) is 3.13. The van der Waals surface area contributed by atoms with Crippen LogP contribution in [-0.4, -0.2) is 34.3 Å². The average Bonchev–Trinajstić information content (AvgIpc) is 2.89. The van der Waals surface area contributed by atoms with Crippen LogP contribution in [-0.2, 0) is 4.79 Å². The predicted octanol–water partition coefficient (Wildman–Crippen LogP) is 2.20. The molecule has 2 aromatic rings. The molecule has 0 spiro atoms. The molecule has 1 aliphatic heterocycles. The lowest BCUT2D eigenvalue weighted by Crippen LogP contribution is -2.48. The molecule has 0 radical (unpaired) electrons. The molecule has 1 aliphatic rings. The third-order valence-corrected chi connectivity index (χ3v) is 4.55. The molecule has 5 heteroatoms. The highest BCUT2D eigenvalue weighted by Gasteiger charge is 2.32. The summed E-state index contributed by atoms with van der Waals surface area (Å²) in [6.45, 7) is 4.44. The standard InChI is InChI=1S/C17H21N3O2/c1-10-3-5-12-8-15(19-14(12)7-10)17(22)20-9-13(16(18)21)6-4-11(20)2/h3,5,7-8,11,13,19H,4,6,9H2,1-2H3,(H2,18,21)/t11-,13+/m1/s1. The van der Waals surface area contributed by atoms with Crippen molar-refractivity contribution in [2.24, 2.45) is 11.7 Å². The first-order valence-corrected chi connectivity index (χ1v) is 7.65. The van der Waals surface area contributed by atoms with Crippen molar-refractivity contribution in [2.45, 2.75) is 32.7 Å². The van der Waals surface area contributed by atoms with Gasteiger partial charge in [0.1, 0.15) is 5.69 Å². The Hall–Kier alpha value is -2.30. The molecule has 0 aliphatic carbocycles. The number of carbonyl (C=O) groups excluding carboxylic acids is 2. The summed E-state index contributed by atoms with van der Waals surface area (Å²) in [5.74, 6) is -0.629. The largest absolute Gasteiger partial charge is 0.369 e. The van der Waals surface area contributed by atoms with Crippen molar-refractivity contribution in [2.75, 3.05) is 6.54 Å². The lowest BCUT2D eigenvalue weighted by Gasteiger charge is -2.36. The number of H-pyrrole nitrogens is 1. The van der Waals surface area contributed by atoms with Gasteiger partial charge in [-0.25, -0.2) is 0 Å². The summed E-state index contributed by atoms with van der Waals surface area (Å²) < 4.78 is 0. The molecule has 1 aromatic carbocycles. The van der Waals surface area contributed by atoms with E-state index in [4.69, 9.17) is 5.73 Å². The molecule has 0 unspecified atom stereocenters. The number of aromatic amines is 1. The Kier molecular flexibility index (Phi) is 3.64. The molecule has 116 valence electrons. The van der Waals surface area contributed by atoms with Gasteiger partial charge in [-0.2, -0.15) is 0 Å². The Balaban J connectivity index is 1.88. The fraction of sp³-hybridized carbons (Fsp3) is 0.412. The second kappa shape index (κ2) is 5.48. The minimum atomic E-state index is -0.322. The molecule has 3 rings (SSSR count). The topological polar surface area (TPSA) is 79.2 Å². The number of hydrogen-bond acceptors (Lipinski definition) is 2. The van der Waals surface area contributed by atoms with Crippen molar-refractivity contribution in [3.63, 3.8) is 0 Å². The second-order valence-electron chi connectivity index (χ2n) is 6.26. The molecule has 2 amide bonds. The summed E-state index contributed by atoms with van der Waals surface area (Å²) in [6, 6.07) is 8.05. The Morgan fingerprint density at radius 2 is 2.05 bits per heavy atom. The summed E-state index contributed by atoms with van der Waals surface area (Å²) in [4.78, 5) is 29.1. The van der Waals surface area contributed by atoms with Crippen molar-refractivity contribution in [3.05, 3.63) is 35.5 Å². The second-order valence-corrected chi connectivity index (χ2v) is 6.26. The van der Waals surface area contributed by atoms with Crippen LogP contribution in [0.4, 0.5) is 0 Å². The van der Waals surface area contributed by atoms with Gasteiger partial charge in [-0.05, 0) is 44.4 Å². The number of amides is 2. The van der Waals surface area contributed by atoms with Crippen molar-refractivity contribution in [1.29, 1.82) is 0 Å². The number of nitrogens with two attached hydrogens (primary N) is 1. The van der Waals surface area contributed by atoms with Crippen LogP contribution in [0, 0.1) is 12.8 Å². The van der Waals surface area contributed by atoms with Gasteiger partial charge in [0.15, 0.2) is 0 Å². The lowest BCUT2D eigenvalue weighted by molar-refractivity contribution is -0.123. The Morgan fingerprint density at radius 3 is 2.77 bits per heavy atom. The number of benzene rings is 1. The number of likely N-dealkylation sites (tertiary alicyclic amines) is 1. The molecule has 2 heterocycles. The number of piperidine rings is 1. The molecular formula is C17H21N3O2. The van der Waals surface area contributed by atoms with Crippen molar-refractivity contribution in [1.82, 2.24) is 9.88 Å². The Morgan fingerprint density at radius 1 is 1.27 bits per heavy atom. The number of nitrogens with one attached hydrogen (secondary N) is 1. The van der Waals surface area contributed by atoms with Gasteiger partial charge in [0, 0.05) is 23.5 Å². The van der Waals surface area contributed by atoms with E-state index >= 15 is 0 Å². The number of nitrogens with zero attached hydrogens (tertiary/aromatic N) is 1. The van der Waals surface area contributed by atoms with E-state index < -0.39 is 0 Å². The summed E-state index contributed by atoms with van der Waals surface area (Å²) in [6.07, 6.45) is 1.56. The first kappa shape index (κ1) is 14.6. The maximum Gasteiger partial charge on any atom is 0.270 e. The van der Waals surface area contributed by atoms with E-state index in [9.17, 15) is 9.59 Å². The van der Waals surface area contributed by atoms with Gasteiger partial charge < -0.3 is 15.6 Å². The Labute approximate surface area is 129 Å². The highest BCUT2D eigenvalue weighted by Crippen LogP contribution is 2.25. The SMILES string of the molecule is Cc1ccc2cc(C(=O)N3C[C@@H](C(N)=O)CC[C@H]3C)[nH]c2c1. The summed E-state index contributed by atoms with van der Waals surface area (Å²) >= 11 is 0. The number of aryl methyl sites for hydroxylation is 1. The summed E-state index contributed by atoms with van der Waals surface area (Å²) in [7, 11) is 0. The third kappa shape index (κ3) is 2.58. The average molecular weight is 299 g/mol. The van der Waals surface area contributed by atoms with E-state index in [1.54, 1.807) is 4.90 Å². The molecule has 0 bridgehead atoms. The van der Waals surface area contributed by atoms with Crippen LogP contribution < -0.4 is 5.73 Å². The van der Waals surface area contributed by atoms with Gasteiger partial charge in [-0.3, -0.25) is 9.59 Å². The van der Waals surface area contributed by atoms with Crippen LogP contribution in [0.2, 0.25) is 0 Å². The molecule has 5 nitrogen and oxygen atoms in total. The first-order valence-electron chi connectivity index (χ1n) is 7.65. The minimum Gasteiger partial charge on any atom is -0.369 e. The number of fused-ring (bicyclic) bond motifs is 1. The maximum atomic E-state index is 12.8. The molecule has 3 N–H and O–H groups in total. The van der Waals surface area contributed by atoms with Crippen LogP contribution in [0.25, 0.3) is 10.9 Å². The summed E-state index contributed by atoms with van der Waals surface area (Å²) in [5.41, 5.74) is 8.08. The molecule has 1 fully saturated rings. The quantitative estimate of drug-likeness (QED) is 0.891.